The van der Waals surface area contributed by atoms with Crippen molar-refractivity contribution in [3.8, 4) is 0 Å². The van der Waals surface area contributed by atoms with Crippen molar-refractivity contribution in [1.29, 1.82) is 0 Å². The SMILES string of the molecule is Cc1nc(S(=O)(=O)CCC(F)=C(F)F)oc1/C=N/OCC1CC1. The molecule has 1 saturated carbocycles. The maximum absolute atomic E-state index is 12.7. The minimum atomic E-state index is -4.11. The molecule has 0 bridgehead atoms. The maximum atomic E-state index is 12.7. The summed E-state index contributed by atoms with van der Waals surface area (Å²) in [4.78, 5) is 8.71. The molecular weight excluding hydrogens is 337 g/mol. The van der Waals surface area contributed by atoms with Gasteiger partial charge in [0.2, 0.25) is 9.84 Å². The molecule has 2 rings (SSSR count). The lowest BCUT2D eigenvalue weighted by atomic mass is 10.4. The molecule has 0 radical (unpaired) electrons. The van der Waals surface area contributed by atoms with Crippen LogP contribution >= 0.6 is 0 Å². The zero-order chi connectivity index (χ0) is 17.0. The van der Waals surface area contributed by atoms with Gasteiger partial charge < -0.3 is 9.25 Å². The van der Waals surface area contributed by atoms with Crippen molar-refractivity contribution in [2.45, 2.75) is 31.4 Å². The Morgan fingerprint density at radius 2 is 2.13 bits per heavy atom. The number of aromatic nitrogens is 1. The monoisotopic (exact) mass is 352 g/mol. The fourth-order valence-corrected chi connectivity index (χ4v) is 2.67. The summed E-state index contributed by atoms with van der Waals surface area (Å²) in [6.07, 6.45) is -0.0942. The number of halogens is 3. The van der Waals surface area contributed by atoms with Crippen molar-refractivity contribution in [3.05, 3.63) is 23.4 Å². The van der Waals surface area contributed by atoms with Crippen molar-refractivity contribution in [2.75, 3.05) is 12.4 Å². The molecule has 0 saturated heterocycles. The standard InChI is InChI=1S/C13H15F3N2O4S/c1-8-11(6-17-21-7-9-2-3-9)22-13(18-8)23(19,20)5-4-10(14)12(15)16/h6,9H,2-5,7H2,1H3/b17-6+. The molecular formula is C13H15F3N2O4S. The Balaban J connectivity index is 2.01. The van der Waals surface area contributed by atoms with E-state index >= 15 is 0 Å². The van der Waals surface area contributed by atoms with Gasteiger partial charge in [-0.2, -0.15) is 8.78 Å². The van der Waals surface area contributed by atoms with Gasteiger partial charge in [-0.25, -0.2) is 17.8 Å². The highest BCUT2D eigenvalue weighted by atomic mass is 32.2. The number of nitrogens with zero attached hydrogens (tertiary/aromatic N) is 2. The molecule has 0 atom stereocenters. The number of allylic oxidation sites excluding steroid dienone is 1. The fraction of sp³-hybridized carbons (Fsp3) is 0.538. The summed E-state index contributed by atoms with van der Waals surface area (Å²) in [7, 11) is -4.11. The van der Waals surface area contributed by atoms with Gasteiger partial charge in [0.1, 0.15) is 12.8 Å². The molecule has 0 N–H and O–H groups in total. The zero-order valence-electron chi connectivity index (χ0n) is 12.3. The Morgan fingerprint density at radius 1 is 1.43 bits per heavy atom. The summed E-state index contributed by atoms with van der Waals surface area (Å²) in [5, 5.41) is 2.99. The molecule has 0 aromatic carbocycles. The first kappa shape index (κ1) is 17.5. The summed E-state index contributed by atoms with van der Waals surface area (Å²) >= 11 is 0. The summed E-state index contributed by atoms with van der Waals surface area (Å²) in [6, 6.07) is 0. The number of oxazole rings is 1. The van der Waals surface area contributed by atoms with E-state index in [2.05, 4.69) is 10.1 Å². The highest BCUT2D eigenvalue weighted by Gasteiger charge is 2.24. The molecule has 10 heteroatoms. The average molecular weight is 352 g/mol. The van der Waals surface area contributed by atoms with Crippen LogP contribution in [0.3, 0.4) is 0 Å². The van der Waals surface area contributed by atoms with E-state index in [1.165, 1.54) is 13.1 Å². The Morgan fingerprint density at radius 3 is 2.74 bits per heavy atom. The summed E-state index contributed by atoms with van der Waals surface area (Å²) in [5.41, 5.74) is 0.245. The number of rotatable bonds is 8. The van der Waals surface area contributed by atoms with Crippen molar-refractivity contribution < 1.29 is 30.8 Å². The van der Waals surface area contributed by atoms with E-state index in [1.807, 2.05) is 0 Å². The lowest BCUT2D eigenvalue weighted by Crippen LogP contribution is -2.07. The van der Waals surface area contributed by atoms with Crippen LogP contribution in [0.4, 0.5) is 13.2 Å². The smallest absolute Gasteiger partial charge is 0.315 e. The lowest BCUT2D eigenvalue weighted by Gasteiger charge is -1.98. The minimum Gasteiger partial charge on any atom is -0.427 e. The van der Waals surface area contributed by atoms with Crippen molar-refractivity contribution >= 4 is 16.1 Å². The second kappa shape index (κ2) is 7.16. The van der Waals surface area contributed by atoms with E-state index < -0.39 is 39.1 Å². The molecule has 23 heavy (non-hydrogen) atoms. The maximum Gasteiger partial charge on any atom is 0.315 e. The third-order valence-corrected chi connectivity index (χ3v) is 4.57. The normalized spacial score (nSPS) is 15.1. The van der Waals surface area contributed by atoms with Gasteiger partial charge in [-0.15, -0.1) is 0 Å². The molecule has 1 aliphatic rings. The average Bonchev–Trinajstić information content (AvgIpc) is 3.23. The number of hydrogen-bond acceptors (Lipinski definition) is 6. The van der Waals surface area contributed by atoms with Gasteiger partial charge in [-0.05, 0) is 25.7 Å². The van der Waals surface area contributed by atoms with Gasteiger partial charge in [-0.1, -0.05) is 5.16 Å². The van der Waals surface area contributed by atoms with Crippen LogP contribution in [-0.4, -0.2) is 32.0 Å². The Bertz CT molecular complexity index is 720. The van der Waals surface area contributed by atoms with E-state index in [9.17, 15) is 21.6 Å². The van der Waals surface area contributed by atoms with Crippen LogP contribution in [0, 0.1) is 12.8 Å². The van der Waals surface area contributed by atoms with Crippen LogP contribution < -0.4 is 0 Å². The van der Waals surface area contributed by atoms with Crippen LogP contribution in [0.15, 0.2) is 26.7 Å². The highest BCUT2D eigenvalue weighted by molar-refractivity contribution is 7.91. The molecule has 1 heterocycles. The van der Waals surface area contributed by atoms with E-state index in [0.29, 0.717) is 12.5 Å². The summed E-state index contributed by atoms with van der Waals surface area (Å²) in [5.74, 6) is -2.05. The van der Waals surface area contributed by atoms with Gasteiger partial charge in [0.25, 0.3) is 0 Å². The Kier molecular flexibility index (Phi) is 5.45. The molecule has 1 aromatic rings. The van der Waals surface area contributed by atoms with Crippen LogP contribution in [0.25, 0.3) is 0 Å². The fourth-order valence-electron chi connectivity index (χ4n) is 1.56. The van der Waals surface area contributed by atoms with Crippen LogP contribution in [0.5, 0.6) is 0 Å². The Hall–Kier alpha value is -1.84. The van der Waals surface area contributed by atoms with Crippen molar-refractivity contribution in [3.63, 3.8) is 0 Å². The van der Waals surface area contributed by atoms with Crippen LogP contribution in [0.1, 0.15) is 30.7 Å². The first-order valence-corrected chi connectivity index (χ1v) is 8.50. The molecule has 1 fully saturated rings. The second-order valence-electron chi connectivity index (χ2n) is 5.14. The van der Waals surface area contributed by atoms with Gasteiger partial charge >= 0.3 is 11.3 Å². The molecule has 1 aliphatic carbocycles. The van der Waals surface area contributed by atoms with Crippen molar-refractivity contribution in [2.24, 2.45) is 11.1 Å². The third-order valence-electron chi connectivity index (χ3n) is 3.13. The van der Waals surface area contributed by atoms with Gasteiger partial charge in [0, 0.05) is 6.42 Å². The molecule has 1 aromatic heterocycles. The minimum absolute atomic E-state index is 0.0760. The van der Waals surface area contributed by atoms with Crippen LogP contribution in [-0.2, 0) is 14.7 Å². The molecule has 0 aliphatic heterocycles. The van der Waals surface area contributed by atoms with Crippen molar-refractivity contribution in [1.82, 2.24) is 4.98 Å². The third kappa shape index (κ3) is 5.08. The van der Waals surface area contributed by atoms with Gasteiger partial charge in [0.05, 0.1) is 11.4 Å². The largest absolute Gasteiger partial charge is 0.427 e. The first-order chi connectivity index (χ1) is 10.8. The zero-order valence-corrected chi connectivity index (χ0v) is 13.1. The first-order valence-electron chi connectivity index (χ1n) is 6.84. The number of aryl methyl sites for hydroxylation is 1. The molecule has 0 unspecified atom stereocenters. The molecule has 0 spiro atoms. The Labute approximate surface area is 130 Å². The highest BCUT2D eigenvalue weighted by Crippen LogP contribution is 2.28. The number of oxime groups is 1. The van der Waals surface area contributed by atoms with Gasteiger partial charge in [-0.3, -0.25) is 0 Å². The van der Waals surface area contributed by atoms with E-state index in [-0.39, 0.29) is 11.5 Å². The topological polar surface area (TPSA) is 81.8 Å². The van der Waals surface area contributed by atoms with Crippen LogP contribution in [0.2, 0.25) is 0 Å². The summed E-state index contributed by atoms with van der Waals surface area (Å²) < 4.78 is 65.4. The number of sulfone groups is 1. The van der Waals surface area contributed by atoms with E-state index in [0.717, 1.165) is 12.8 Å². The summed E-state index contributed by atoms with van der Waals surface area (Å²) in [6.45, 7) is 1.97. The quantitative estimate of drug-likeness (QED) is 0.531. The van der Waals surface area contributed by atoms with E-state index in [4.69, 9.17) is 9.25 Å². The lowest BCUT2D eigenvalue weighted by molar-refractivity contribution is 0.135. The molecule has 6 nitrogen and oxygen atoms in total. The van der Waals surface area contributed by atoms with Gasteiger partial charge in [0.15, 0.2) is 11.6 Å². The molecule has 128 valence electrons. The molecule has 0 amide bonds. The predicted octanol–water partition coefficient (Wildman–Crippen LogP) is 2.98. The predicted molar refractivity (Wildman–Crippen MR) is 74.5 cm³/mol. The second-order valence-corrected chi connectivity index (χ2v) is 7.12. The number of hydrogen-bond donors (Lipinski definition) is 0. The van der Waals surface area contributed by atoms with E-state index in [1.54, 1.807) is 0 Å².